The number of aromatic nitrogens is 4. The van der Waals surface area contributed by atoms with Crippen LogP contribution in [0.4, 0.5) is 5.13 Å². The molecule has 0 fully saturated rings. The summed E-state index contributed by atoms with van der Waals surface area (Å²) >= 11 is 1.42. The van der Waals surface area contributed by atoms with Gasteiger partial charge in [0.05, 0.1) is 24.2 Å². The topological polar surface area (TPSA) is 97.7 Å². The molecule has 0 aliphatic rings. The molecule has 2 aromatic carbocycles. The molecule has 2 aromatic heterocycles. The first-order chi connectivity index (χ1) is 17.5. The van der Waals surface area contributed by atoms with Crippen molar-refractivity contribution in [2.75, 3.05) is 5.32 Å². The van der Waals surface area contributed by atoms with Crippen LogP contribution in [0.5, 0.6) is 0 Å². The van der Waals surface area contributed by atoms with Gasteiger partial charge in [-0.2, -0.15) is 10.2 Å². The maximum Gasteiger partial charge on any atom is 0.230 e. The van der Waals surface area contributed by atoms with Crippen molar-refractivity contribution in [2.24, 2.45) is 0 Å². The summed E-state index contributed by atoms with van der Waals surface area (Å²) in [7, 11) is 0. The molecule has 4 rings (SSSR count). The number of carbonyl (C=O) groups is 2. The molecule has 0 saturated heterocycles. The summed E-state index contributed by atoms with van der Waals surface area (Å²) in [6.07, 6.45) is 4.50. The Bertz CT molecular complexity index is 1290. The molecule has 2 heterocycles. The van der Waals surface area contributed by atoms with Crippen LogP contribution in [0, 0.1) is 6.92 Å². The summed E-state index contributed by atoms with van der Waals surface area (Å²) in [6.45, 7) is 2.01. The van der Waals surface area contributed by atoms with Crippen LogP contribution in [0.3, 0.4) is 0 Å². The second kappa shape index (κ2) is 12.8. The number of nitrogens with zero attached hydrogens (tertiary/aromatic N) is 4. The Labute approximate surface area is 215 Å². The second-order valence-corrected chi connectivity index (χ2v) is 9.88. The number of hydrogen-bond acceptors (Lipinski definition) is 7. The fourth-order valence-corrected chi connectivity index (χ4v) is 4.66. The molecular formula is C28H29N5O2S. The number of rotatable bonds is 12. The molecule has 1 N–H and O–H groups in total. The van der Waals surface area contributed by atoms with E-state index >= 15 is 0 Å². The van der Waals surface area contributed by atoms with Gasteiger partial charge in [-0.25, -0.2) is 0 Å². The van der Waals surface area contributed by atoms with E-state index < -0.39 is 0 Å². The third-order valence-electron chi connectivity index (χ3n) is 5.63. The van der Waals surface area contributed by atoms with Crippen LogP contribution in [0.1, 0.15) is 45.9 Å². The highest BCUT2D eigenvalue weighted by atomic mass is 32.1. The number of nitrogens with one attached hydrogen (secondary N) is 1. The number of hydrogen-bond donors (Lipinski definition) is 1. The predicted octanol–water partition coefficient (Wildman–Crippen LogP) is 4.74. The molecule has 0 aliphatic carbocycles. The maximum absolute atomic E-state index is 12.3. The lowest BCUT2D eigenvalue weighted by Crippen LogP contribution is -2.14. The number of anilines is 1. The third kappa shape index (κ3) is 8.16. The van der Waals surface area contributed by atoms with Crippen LogP contribution < -0.4 is 5.32 Å². The molecule has 7 nitrogen and oxygen atoms in total. The van der Waals surface area contributed by atoms with Crippen LogP contribution in [0.25, 0.3) is 0 Å². The van der Waals surface area contributed by atoms with Gasteiger partial charge < -0.3 is 5.32 Å². The van der Waals surface area contributed by atoms with Crippen LogP contribution in [0.2, 0.25) is 0 Å². The molecule has 184 valence electrons. The molecule has 0 aliphatic heterocycles. The lowest BCUT2D eigenvalue weighted by molar-refractivity contribution is -0.118. The van der Waals surface area contributed by atoms with Gasteiger partial charge in [-0.3, -0.25) is 9.59 Å². The Morgan fingerprint density at radius 3 is 2.28 bits per heavy atom. The highest BCUT2D eigenvalue weighted by Crippen LogP contribution is 2.18. The Morgan fingerprint density at radius 2 is 1.50 bits per heavy atom. The zero-order valence-electron chi connectivity index (χ0n) is 20.3. The Hall–Kier alpha value is -3.78. The lowest BCUT2D eigenvalue weighted by Gasteiger charge is -2.03. The van der Waals surface area contributed by atoms with Crippen molar-refractivity contribution < 1.29 is 9.59 Å². The molecule has 8 heteroatoms. The van der Waals surface area contributed by atoms with E-state index in [1.807, 2.05) is 73.7 Å². The molecule has 1 amide bonds. The summed E-state index contributed by atoms with van der Waals surface area (Å²) in [5.74, 6) is 0.0399. The van der Waals surface area contributed by atoms with Gasteiger partial charge in [0.15, 0.2) is 0 Å². The molecule has 4 aromatic rings. The van der Waals surface area contributed by atoms with Crippen molar-refractivity contribution in [3.8, 4) is 0 Å². The molecule has 36 heavy (non-hydrogen) atoms. The van der Waals surface area contributed by atoms with E-state index in [0.29, 0.717) is 30.1 Å². The van der Waals surface area contributed by atoms with Gasteiger partial charge in [-0.15, -0.1) is 10.2 Å². The van der Waals surface area contributed by atoms with Gasteiger partial charge >= 0.3 is 0 Å². The molecular weight excluding hydrogens is 470 g/mol. The minimum Gasteiger partial charge on any atom is -0.300 e. The van der Waals surface area contributed by atoms with Crippen LogP contribution >= 0.6 is 11.3 Å². The van der Waals surface area contributed by atoms with Gasteiger partial charge in [-0.1, -0.05) is 71.5 Å². The van der Waals surface area contributed by atoms with Crippen molar-refractivity contribution in [3.63, 3.8) is 0 Å². The standard InChI is InChI=1S/C28H29N5O2S/c1-20-8-7-11-22(16-20)18-26(35)29-28-33-32-27(36-28)13-6-5-12-23-14-15-24(31-30-23)19-25(34)17-21-9-3-2-4-10-21/h2-4,7-11,14-16H,5-6,12-13,17-19H2,1H3,(H,29,33,35). The smallest absolute Gasteiger partial charge is 0.230 e. The number of Topliss-reactive ketones (excluding diaryl/α,β-unsaturated/α-hetero) is 1. The van der Waals surface area contributed by atoms with E-state index in [4.69, 9.17) is 0 Å². The van der Waals surface area contributed by atoms with Crippen molar-refractivity contribution in [2.45, 2.75) is 51.9 Å². The predicted molar refractivity (Wildman–Crippen MR) is 141 cm³/mol. The van der Waals surface area contributed by atoms with Crippen molar-refractivity contribution >= 4 is 28.2 Å². The van der Waals surface area contributed by atoms with E-state index in [9.17, 15) is 9.59 Å². The Balaban J connectivity index is 1.15. The maximum atomic E-state index is 12.3. The average Bonchev–Trinajstić information content (AvgIpc) is 3.30. The fraction of sp³-hybridized carbons (Fsp3) is 0.286. The van der Waals surface area contributed by atoms with Crippen LogP contribution in [0.15, 0.2) is 66.7 Å². The zero-order valence-corrected chi connectivity index (χ0v) is 21.1. The van der Waals surface area contributed by atoms with Crippen LogP contribution in [-0.2, 0) is 41.7 Å². The number of carbonyl (C=O) groups excluding carboxylic acids is 2. The minimum atomic E-state index is -0.0907. The first kappa shape index (κ1) is 25.3. The van der Waals surface area contributed by atoms with Crippen molar-refractivity contribution in [1.29, 1.82) is 0 Å². The highest BCUT2D eigenvalue weighted by Gasteiger charge is 2.10. The highest BCUT2D eigenvalue weighted by molar-refractivity contribution is 7.15. The number of unbranched alkanes of at least 4 members (excludes halogenated alkanes) is 1. The molecule has 0 atom stereocenters. The molecule has 0 saturated carbocycles. The second-order valence-electron chi connectivity index (χ2n) is 8.82. The van der Waals surface area contributed by atoms with Crippen LogP contribution in [-0.4, -0.2) is 32.1 Å². The number of aryl methyl sites for hydroxylation is 3. The summed E-state index contributed by atoms with van der Waals surface area (Å²) in [6, 6.07) is 21.5. The zero-order chi connectivity index (χ0) is 25.2. The molecule has 0 spiro atoms. The Morgan fingerprint density at radius 1 is 0.750 bits per heavy atom. The van der Waals surface area contributed by atoms with Gasteiger partial charge in [0.25, 0.3) is 0 Å². The molecule has 0 bridgehead atoms. The summed E-state index contributed by atoms with van der Waals surface area (Å²) in [5, 5.41) is 21.1. The van der Waals surface area contributed by atoms with E-state index in [-0.39, 0.29) is 11.7 Å². The quantitative estimate of drug-likeness (QED) is 0.283. The van der Waals surface area contributed by atoms with E-state index in [1.54, 1.807) is 0 Å². The van der Waals surface area contributed by atoms with Gasteiger partial charge in [0.2, 0.25) is 11.0 Å². The molecule has 0 unspecified atom stereocenters. The number of amides is 1. The summed E-state index contributed by atoms with van der Waals surface area (Å²) in [4.78, 5) is 24.5. The number of benzene rings is 2. The summed E-state index contributed by atoms with van der Waals surface area (Å²) < 4.78 is 0. The summed E-state index contributed by atoms with van der Waals surface area (Å²) in [5.41, 5.74) is 4.74. The first-order valence-electron chi connectivity index (χ1n) is 12.1. The van der Waals surface area contributed by atoms with Gasteiger partial charge in [0.1, 0.15) is 10.8 Å². The largest absolute Gasteiger partial charge is 0.300 e. The van der Waals surface area contributed by atoms with E-state index in [2.05, 4.69) is 25.7 Å². The monoisotopic (exact) mass is 499 g/mol. The average molecular weight is 500 g/mol. The van der Waals surface area contributed by atoms with Crippen molar-refractivity contribution in [1.82, 2.24) is 20.4 Å². The minimum absolute atomic E-state index is 0.0907. The number of ketones is 1. The van der Waals surface area contributed by atoms with E-state index in [1.165, 1.54) is 11.3 Å². The normalized spacial score (nSPS) is 10.8. The third-order valence-corrected chi connectivity index (χ3v) is 6.53. The van der Waals surface area contributed by atoms with Gasteiger partial charge in [-0.05, 0) is 49.4 Å². The van der Waals surface area contributed by atoms with Crippen molar-refractivity contribution in [3.05, 3.63) is 99.8 Å². The fourth-order valence-electron chi connectivity index (χ4n) is 3.86. The first-order valence-corrected chi connectivity index (χ1v) is 12.9. The van der Waals surface area contributed by atoms with Gasteiger partial charge in [0, 0.05) is 12.8 Å². The lowest BCUT2D eigenvalue weighted by atomic mass is 10.1. The SMILES string of the molecule is Cc1cccc(CC(=O)Nc2nnc(CCCCc3ccc(CC(=O)Cc4ccccc4)nn3)s2)c1. The Kier molecular flexibility index (Phi) is 8.99. The van der Waals surface area contributed by atoms with E-state index in [0.717, 1.165) is 53.1 Å². The molecule has 0 radical (unpaired) electrons.